The molecule has 0 aliphatic heterocycles. The van der Waals surface area contributed by atoms with Gasteiger partial charge < -0.3 is 5.32 Å². The van der Waals surface area contributed by atoms with Crippen molar-refractivity contribution >= 4 is 22.4 Å². The molecule has 0 fully saturated rings. The predicted molar refractivity (Wildman–Crippen MR) is 112 cm³/mol. The van der Waals surface area contributed by atoms with Crippen molar-refractivity contribution in [3.05, 3.63) is 84.0 Å². The number of hydrogen-bond acceptors (Lipinski definition) is 5. The van der Waals surface area contributed by atoms with E-state index in [0.29, 0.717) is 11.3 Å². The van der Waals surface area contributed by atoms with Gasteiger partial charge in [-0.05, 0) is 48.0 Å². The topological polar surface area (TPSA) is 90.4 Å². The summed E-state index contributed by atoms with van der Waals surface area (Å²) in [7, 11) is 1.83. The fourth-order valence-corrected chi connectivity index (χ4v) is 3.09. The van der Waals surface area contributed by atoms with Crippen molar-refractivity contribution < 1.29 is 4.39 Å². The van der Waals surface area contributed by atoms with Gasteiger partial charge in [-0.1, -0.05) is 24.3 Å². The van der Waals surface area contributed by atoms with Crippen LogP contribution in [-0.4, -0.2) is 27.6 Å². The zero-order valence-electron chi connectivity index (χ0n) is 15.7. The van der Waals surface area contributed by atoms with E-state index >= 15 is 4.39 Å². The van der Waals surface area contributed by atoms with Gasteiger partial charge in [-0.15, -0.1) is 0 Å². The molecule has 0 amide bonds. The highest BCUT2D eigenvalue weighted by Crippen LogP contribution is 2.24. The minimum absolute atomic E-state index is 0.0595. The summed E-state index contributed by atoms with van der Waals surface area (Å²) >= 11 is 0. The van der Waals surface area contributed by atoms with Crippen LogP contribution in [0.15, 0.2) is 72.9 Å². The van der Waals surface area contributed by atoms with Gasteiger partial charge in [0.2, 0.25) is 0 Å². The molecule has 4 aromatic rings. The van der Waals surface area contributed by atoms with Crippen LogP contribution in [0, 0.1) is 10.8 Å². The van der Waals surface area contributed by atoms with Gasteiger partial charge in [0, 0.05) is 29.9 Å². The second-order valence-corrected chi connectivity index (χ2v) is 6.55. The van der Waals surface area contributed by atoms with Crippen LogP contribution >= 0.6 is 0 Å². The van der Waals surface area contributed by atoms with E-state index in [1.165, 1.54) is 6.07 Å². The molecule has 0 aliphatic carbocycles. The van der Waals surface area contributed by atoms with Crippen molar-refractivity contribution in [2.24, 2.45) is 0 Å². The minimum atomic E-state index is -1.72. The van der Waals surface area contributed by atoms with Gasteiger partial charge in [0.15, 0.2) is 12.0 Å². The lowest BCUT2D eigenvalue weighted by Gasteiger charge is -2.14. The third kappa shape index (κ3) is 3.62. The molecule has 0 aliphatic rings. The van der Waals surface area contributed by atoms with Gasteiger partial charge in [-0.2, -0.15) is 9.78 Å². The standard InChI is InChI=1S/C22H19FN6/c1-26-17-7-4-14(5-8-17)19-10-11-20(24)29(28-19)22(25)21(23)16-6-9-18-15(13-16)3-2-12-27-18/h2-13,21,24-26H,1H3. The number of halogens is 1. The molecule has 6 nitrogen and oxygen atoms in total. The normalized spacial score (nSPS) is 11.9. The van der Waals surface area contributed by atoms with Crippen molar-refractivity contribution in [2.45, 2.75) is 6.17 Å². The summed E-state index contributed by atoms with van der Waals surface area (Å²) < 4.78 is 16.2. The molecule has 0 saturated heterocycles. The maximum Gasteiger partial charge on any atom is 0.184 e. The van der Waals surface area contributed by atoms with Gasteiger partial charge in [-0.3, -0.25) is 15.8 Å². The van der Waals surface area contributed by atoms with E-state index < -0.39 is 12.0 Å². The Morgan fingerprint density at radius 3 is 2.62 bits per heavy atom. The summed E-state index contributed by atoms with van der Waals surface area (Å²) in [6, 6.07) is 19.4. The number of benzene rings is 2. The Morgan fingerprint density at radius 2 is 1.86 bits per heavy atom. The van der Waals surface area contributed by atoms with Crippen molar-refractivity contribution in [2.75, 3.05) is 12.4 Å². The number of fused-ring (bicyclic) bond motifs is 1. The molecule has 2 aromatic heterocycles. The SMILES string of the molecule is CNc1ccc(-c2ccc(=N)n(C(=N)C(F)c3ccc4ncccc4c3)n2)cc1. The summed E-state index contributed by atoms with van der Waals surface area (Å²) in [6.45, 7) is 0. The van der Waals surface area contributed by atoms with Crippen LogP contribution in [0.3, 0.4) is 0 Å². The number of alkyl halides is 1. The Kier molecular flexibility index (Phi) is 4.87. The Labute approximate surface area is 166 Å². The second kappa shape index (κ2) is 7.63. The maximum atomic E-state index is 15.2. The lowest BCUT2D eigenvalue weighted by atomic mass is 10.1. The first kappa shape index (κ1) is 18.5. The number of nitrogens with one attached hydrogen (secondary N) is 3. The monoisotopic (exact) mass is 386 g/mol. The van der Waals surface area contributed by atoms with Crippen molar-refractivity contribution in [3.63, 3.8) is 0 Å². The van der Waals surface area contributed by atoms with Crippen LogP contribution in [0.4, 0.5) is 10.1 Å². The highest BCUT2D eigenvalue weighted by molar-refractivity contribution is 5.88. The van der Waals surface area contributed by atoms with Gasteiger partial charge in [0.1, 0.15) is 5.49 Å². The molecule has 0 spiro atoms. The van der Waals surface area contributed by atoms with Gasteiger partial charge in [-0.25, -0.2) is 4.39 Å². The molecule has 0 saturated carbocycles. The minimum Gasteiger partial charge on any atom is -0.388 e. The molecule has 0 bridgehead atoms. The molecule has 7 heteroatoms. The summed E-state index contributed by atoms with van der Waals surface area (Å²) in [5, 5.41) is 24.6. The highest BCUT2D eigenvalue weighted by Gasteiger charge is 2.20. The smallest absolute Gasteiger partial charge is 0.184 e. The molecule has 3 N–H and O–H groups in total. The van der Waals surface area contributed by atoms with Crippen LogP contribution in [-0.2, 0) is 0 Å². The van der Waals surface area contributed by atoms with Crippen LogP contribution in [0.1, 0.15) is 11.7 Å². The van der Waals surface area contributed by atoms with Crippen LogP contribution in [0.5, 0.6) is 0 Å². The number of pyridine rings is 1. The summed E-state index contributed by atoms with van der Waals surface area (Å²) in [6.07, 6.45) is -0.0410. The number of aromatic nitrogens is 3. The molecule has 2 heterocycles. The van der Waals surface area contributed by atoms with Gasteiger partial charge >= 0.3 is 0 Å². The number of hydrogen-bond donors (Lipinski definition) is 3. The van der Waals surface area contributed by atoms with E-state index in [1.54, 1.807) is 36.5 Å². The van der Waals surface area contributed by atoms with Crippen LogP contribution in [0.2, 0.25) is 0 Å². The quantitative estimate of drug-likeness (QED) is 0.363. The van der Waals surface area contributed by atoms with Crippen LogP contribution in [0.25, 0.3) is 22.2 Å². The molecule has 1 unspecified atom stereocenters. The molecular weight excluding hydrogens is 367 g/mol. The summed E-state index contributed by atoms with van der Waals surface area (Å²) in [4.78, 5) is 4.23. The molecule has 4 rings (SSSR count). The number of rotatable bonds is 4. The van der Waals surface area contributed by atoms with Gasteiger partial charge in [0.05, 0.1) is 11.2 Å². The van der Waals surface area contributed by atoms with E-state index in [-0.39, 0.29) is 5.49 Å². The lowest BCUT2D eigenvalue weighted by molar-refractivity contribution is 0.425. The van der Waals surface area contributed by atoms with E-state index in [9.17, 15) is 0 Å². The van der Waals surface area contributed by atoms with Crippen LogP contribution < -0.4 is 10.8 Å². The molecule has 29 heavy (non-hydrogen) atoms. The lowest BCUT2D eigenvalue weighted by Crippen LogP contribution is -2.31. The van der Waals surface area contributed by atoms with E-state index in [4.69, 9.17) is 10.8 Å². The Balaban J connectivity index is 1.68. The largest absolute Gasteiger partial charge is 0.388 e. The molecule has 2 aromatic carbocycles. The first-order valence-electron chi connectivity index (χ1n) is 9.07. The Morgan fingerprint density at radius 1 is 1.07 bits per heavy atom. The van der Waals surface area contributed by atoms with E-state index in [2.05, 4.69) is 15.4 Å². The second-order valence-electron chi connectivity index (χ2n) is 6.55. The number of anilines is 1. The maximum absolute atomic E-state index is 15.2. The molecular formula is C22H19FN6. The average Bonchev–Trinajstić information content (AvgIpc) is 2.78. The average molecular weight is 386 g/mol. The Bertz CT molecular complexity index is 1250. The number of nitrogens with zero attached hydrogens (tertiary/aromatic N) is 3. The van der Waals surface area contributed by atoms with E-state index in [0.717, 1.165) is 26.8 Å². The molecule has 0 radical (unpaired) electrons. The van der Waals surface area contributed by atoms with Crippen molar-refractivity contribution in [1.82, 2.24) is 14.8 Å². The molecule has 144 valence electrons. The Hall–Kier alpha value is -3.87. The fourth-order valence-electron chi connectivity index (χ4n) is 3.09. The zero-order valence-corrected chi connectivity index (χ0v) is 15.7. The van der Waals surface area contributed by atoms with Crippen molar-refractivity contribution in [1.29, 1.82) is 10.8 Å². The van der Waals surface area contributed by atoms with Crippen molar-refractivity contribution in [3.8, 4) is 11.3 Å². The zero-order chi connectivity index (χ0) is 20.4. The fraction of sp³-hybridized carbons (Fsp3) is 0.0909. The van der Waals surface area contributed by atoms with Gasteiger partial charge in [0.25, 0.3) is 0 Å². The van der Waals surface area contributed by atoms with E-state index in [1.807, 2.05) is 37.4 Å². The first-order valence-corrected chi connectivity index (χ1v) is 9.07. The summed E-state index contributed by atoms with van der Waals surface area (Å²) in [5.41, 5.74) is 3.36. The summed E-state index contributed by atoms with van der Waals surface area (Å²) in [5.74, 6) is -0.410. The first-order chi connectivity index (χ1) is 14.1. The third-order valence-electron chi connectivity index (χ3n) is 4.69. The predicted octanol–water partition coefficient (Wildman–Crippen LogP) is 4.16. The molecule has 1 atom stereocenters. The third-order valence-corrected chi connectivity index (χ3v) is 4.69. The highest BCUT2D eigenvalue weighted by atomic mass is 19.1.